The van der Waals surface area contributed by atoms with Gasteiger partial charge in [-0.15, -0.1) is 0 Å². The van der Waals surface area contributed by atoms with Crippen LogP contribution in [-0.2, 0) is 10.8 Å². The van der Waals surface area contributed by atoms with Gasteiger partial charge in [0.1, 0.15) is 0 Å². The Morgan fingerprint density at radius 2 is 0.918 bits per heavy atom. The average Bonchev–Trinajstić information content (AvgIpc) is 3.60. The van der Waals surface area contributed by atoms with Crippen LogP contribution in [0.25, 0.3) is 43.8 Å². The fourth-order valence-corrected chi connectivity index (χ4v) is 9.75. The van der Waals surface area contributed by atoms with E-state index in [2.05, 4.69) is 172 Å². The molecule has 0 fully saturated rings. The van der Waals surface area contributed by atoms with Crippen molar-refractivity contribution in [1.82, 2.24) is 0 Å². The molecule has 7 aromatic carbocycles. The van der Waals surface area contributed by atoms with Crippen molar-refractivity contribution in [3.63, 3.8) is 0 Å². The lowest BCUT2D eigenvalue weighted by Gasteiger charge is -2.33. The molecule has 7 aromatic rings. The minimum atomic E-state index is 0.00610. The van der Waals surface area contributed by atoms with Gasteiger partial charge in [-0.05, 0) is 129 Å². The maximum absolute atomic E-state index is 2.53. The summed E-state index contributed by atoms with van der Waals surface area (Å²) >= 11 is 0. The highest BCUT2D eigenvalue weighted by Gasteiger charge is 2.42. The van der Waals surface area contributed by atoms with Crippen LogP contribution in [-0.4, -0.2) is 0 Å². The van der Waals surface area contributed by atoms with Crippen LogP contribution < -0.4 is 4.90 Å². The largest absolute Gasteiger partial charge is 0.310 e. The quantitative estimate of drug-likeness (QED) is 0.169. The van der Waals surface area contributed by atoms with Gasteiger partial charge < -0.3 is 4.90 Å². The van der Waals surface area contributed by atoms with Crippen molar-refractivity contribution in [3.8, 4) is 22.3 Å². The van der Waals surface area contributed by atoms with Gasteiger partial charge in [-0.1, -0.05) is 125 Å². The van der Waals surface area contributed by atoms with E-state index in [1.165, 1.54) is 83.1 Å². The molecule has 2 aliphatic carbocycles. The van der Waals surface area contributed by atoms with E-state index >= 15 is 0 Å². The fourth-order valence-electron chi connectivity index (χ4n) is 9.75. The zero-order valence-electron chi connectivity index (χ0n) is 29.1. The summed E-state index contributed by atoms with van der Waals surface area (Å²) in [5, 5.41) is 5.14. The minimum Gasteiger partial charge on any atom is -0.310 e. The standard InChI is InChI=1S/C48H43N/c1-5-47(6-2)42-22-14-13-21-38(42)39-26-24-36(31-45(39)47)49(46-23-15-19-32-16-11-12-20-37(32)46)35-25-27-43-41(30-35)40-28-33-17-9-10-18-34(33)29-44(40)48(43,7-3)8-4/h9-31H,5-8H2,1-4H3. The van der Waals surface area contributed by atoms with Gasteiger partial charge in [0.2, 0.25) is 0 Å². The minimum absolute atomic E-state index is 0.00610. The summed E-state index contributed by atoms with van der Waals surface area (Å²) in [6.07, 6.45) is 4.31. The summed E-state index contributed by atoms with van der Waals surface area (Å²) < 4.78 is 0. The highest BCUT2D eigenvalue weighted by Crippen LogP contribution is 2.57. The van der Waals surface area contributed by atoms with E-state index in [1.54, 1.807) is 0 Å². The Hall–Kier alpha value is -5.14. The van der Waals surface area contributed by atoms with Crippen LogP contribution in [0.2, 0.25) is 0 Å². The predicted molar refractivity (Wildman–Crippen MR) is 210 cm³/mol. The summed E-state index contributed by atoms with van der Waals surface area (Å²) in [5.41, 5.74) is 15.0. The van der Waals surface area contributed by atoms with Crippen LogP contribution in [0.4, 0.5) is 17.1 Å². The average molecular weight is 634 g/mol. The van der Waals surface area contributed by atoms with Gasteiger partial charge in [-0.25, -0.2) is 0 Å². The molecule has 0 bridgehead atoms. The maximum Gasteiger partial charge on any atom is 0.0540 e. The Morgan fingerprint density at radius 3 is 1.67 bits per heavy atom. The molecule has 9 rings (SSSR count). The van der Waals surface area contributed by atoms with Gasteiger partial charge in [0, 0.05) is 27.6 Å². The zero-order valence-corrected chi connectivity index (χ0v) is 29.1. The first-order valence-corrected chi connectivity index (χ1v) is 18.3. The third kappa shape index (κ3) is 4.12. The van der Waals surface area contributed by atoms with Crippen molar-refractivity contribution in [2.75, 3.05) is 4.90 Å². The van der Waals surface area contributed by atoms with Crippen molar-refractivity contribution in [3.05, 3.63) is 162 Å². The number of nitrogens with zero attached hydrogens (tertiary/aromatic N) is 1. The Morgan fingerprint density at radius 1 is 0.388 bits per heavy atom. The predicted octanol–water partition coefficient (Wildman–Crippen LogP) is 13.6. The molecular weight excluding hydrogens is 591 g/mol. The third-order valence-corrected chi connectivity index (χ3v) is 12.4. The van der Waals surface area contributed by atoms with Gasteiger partial charge in [-0.3, -0.25) is 0 Å². The molecular formula is C48H43N. The van der Waals surface area contributed by atoms with Crippen LogP contribution >= 0.6 is 0 Å². The Labute approximate surface area is 290 Å². The number of benzene rings is 7. The van der Waals surface area contributed by atoms with E-state index in [4.69, 9.17) is 0 Å². The lowest BCUT2D eigenvalue weighted by molar-refractivity contribution is 0.490. The lowest BCUT2D eigenvalue weighted by Crippen LogP contribution is -2.23. The molecule has 2 aliphatic rings. The van der Waals surface area contributed by atoms with E-state index in [9.17, 15) is 0 Å². The van der Waals surface area contributed by atoms with Crippen LogP contribution in [0.15, 0.2) is 140 Å². The number of rotatable bonds is 7. The van der Waals surface area contributed by atoms with Crippen molar-refractivity contribution in [2.45, 2.75) is 64.2 Å². The van der Waals surface area contributed by atoms with Crippen molar-refractivity contribution < 1.29 is 0 Å². The molecule has 0 N–H and O–H groups in total. The molecule has 1 heteroatoms. The highest BCUT2D eigenvalue weighted by molar-refractivity contribution is 6.01. The molecule has 0 heterocycles. The SMILES string of the molecule is CCC1(CC)c2ccccc2-c2ccc(N(c3ccc4c(c3)-c3cc5ccccc5cc3C4(CC)CC)c3cccc4ccccc34)cc21. The smallest absolute Gasteiger partial charge is 0.0540 e. The van der Waals surface area contributed by atoms with Crippen LogP contribution in [0, 0.1) is 0 Å². The van der Waals surface area contributed by atoms with E-state index in [-0.39, 0.29) is 10.8 Å². The second-order valence-electron chi connectivity index (χ2n) is 14.2. The van der Waals surface area contributed by atoms with Gasteiger partial charge in [0.05, 0.1) is 5.69 Å². The van der Waals surface area contributed by atoms with Crippen LogP contribution in [0.1, 0.15) is 75.6 Å². The summed E-state index contributed by atoms with van der Waals surface area (Å²) in [4.78, 5) is 2.53. The van der Waals surface area contributed by atoms with Crippen molar-refractivity contribution >= 4 is 38.6 Å². The van der Waals surface area contributed by atoms with Crippen LogP contribution in [0.3, 0.4) is 0 Å². The topological polar surface area (TPSA) is 3.24 Å². The molecule has 0 aliphatic heterocycles. The molecule has 0 aromatic heterocycles. The van der Waals surface area contributed by atoms with Gasteiger partial charge >= 0.3 is 0 Å². The first-order valence-electron chi connectivity index (χ1n) is 18.3. The molecule has 1 nitrogen and oxygen atoms in total. The molecule has 0 atom stereocenters. The van der Waals surface area contributed by atoms with Crippen LogP contribution in [0.5, 0.6) is 0 Å². The number of hydrogen-bond donors (Lipinski definition) is 0. The first kappa shape index (κ1) is 30.0. The molecule has 0 unspecified atom stereocenters. The maximum atomic E-state index is 2.53. The summed E-state index contributed by atoms with van der Waals surface area (Å²) in [6, 6.07) is 53.0. The molecule has 240 valence electrons. The van der Waals surface area contributed by atoms with Gasteiger partial charge in [-0.2, -0.15) is 0 Å². The number of fused-ring (bicyclic) bond motifs is 8. The second-order valence-corrected chi connectivity index (χ2v) is 14.2. The van der Waals surface area contributed by atoms with E-state index in [0.717, 1.165) is 25.7 Å². The third-order valence-electron chi connectivity index (χ3n) is 12.4. The molecule has 49 heavy (non-hydrogen) atoms. The molecule has 0 saturated carbocycles. The molecule has 0 saturated heterocycles. The molecule has 0 radical (unpaired) electrons. The van der Waals surface area contributed by atoms with E-state index in [1.807, 2.05) is 0 Å². The van der Waals surface area contributed by atoms with E-state index in [0.29, 0.717) is 0 Å². The van der Waals surface area contributed by atoms with Crippen molar-refractivity contribution in [1.29, 1.82) is 0 Å². The second kappa shape index (κ2) is 11.2. The summed E-state index contributed by atoms with van der Waals surface area (Å²) in [7, 11) is 0. The summed E-state index contributed by atoms with van der Waals surface area (Å²) in [5.74, 6) is 0. The molecule has 0 spiro atoms. The highest BCUT2D eigenvalue weighted by atomic mass is 15.1. The Bertz CT molecular complexity index is 2400. The van der Waals surface area contributed by atoms with Gasteiger partial charge in [0.25, 0.3) is 0 Å². The molecule has 0 amide bonds. The normalized spacial score (nSPS) is 14.8. The fraction of sp³-hybridized carbons (Fsp3) is 0.208. The monoisotopic (exact) mass is 633 g/mol. The lowest BCUT2D eigenvalue weighted by atomic mass is 9.73. The Balaban J connectivity index is 1.31. The number of anilines is 3. The number of hydrogen-bond acceptors (Lipinski definition) is 1. The van der Waals surface area contributed by atoms with E-state index < -0.39 is 0 Å². The first-order chi connectivity index (χ1) is 24.1. The Kier molecular flexibility index (Phi) is 6.85. The summed E-state index contributed by atoms with van der Waals surface area (Å²) in [6.45, 7) is 9.45. The zero-order chi connectivity index (χ0) is 33.3. The van der Waals surface area contributed by atoms with Gasteiger partial charge in [0.15, 0.2) is 0 Å². The van der Waals surface area contributed by atoms with Crippen molar-refractivity contribution in [2.24, 2.45) is 0 Å².